The molecule has 1 rings (SSSR count). The van der Waals surface area contributed by atoms with Crippen LogP contribution in [0.15, 0.2) is 0 Å². The van der Waals surface area contributed by atoms with E-state index in [0.717, 1.165) is 12.5 Å². The van der Waals surface area contributed by atoms with Gasteiger partial charge in [0.2, 0.25) is 0 Å². The van der Waals surface area contributed by atoms with E-state index in [0.29, 0.717) is 12.6 Å². The molecule has 1 fully saturated rings. The van der Waals surface area contributed by atoms with Gasteiger partial charge in [0, 0.05) is 26.2 Å². The largest absolute Gasteiger partial charge is 0.377 e. The molecule has 1 saturated heterocycles. The average Bonchev–Trinajstić information content (AvgIpc) is 2.28. The molecule has 1 heterocycles. The number of hydrogen-bond acceptors (Lipinski definition) is 3. The first-order valence-corrected chi connectivity index (χ1v) is 6.30. The van der Waals surface area contributed by atoms with E-state index in [1.54, 1.807) is 0 Å². The molecule has 0 aromatic carbocycles. The van der Waals surface area contributed by atoms with E-state index in [9.17, 15) is 0 Å². The van der Waals surface area contributed by atoms with Gasteiger partial charge in [-0.15, -0.1) is 0 Å². The molecule has 0 aromatic heterocycles. The van der Waals surface area contributed by atoms with Gasteiger partial charge >= 0.3 is 0 Å². The van der Waals surface area contributed by atoms with E-state index in [2.05, 4.69) is 18.7 Å². The molecule has 1 aliphatic heterocycles. The van der Waals surface area contributed by atoms with Crippen molar-refractivity contribution in [3.8, 4) is 0 Å². The Morgan fingerprint density at radius 3 is 2.60 bits per heavy atom. The van der Waals surface area contributed by atoms with Crippen LogP contribution in [0.5, 0.6) is 0 Å². The van der Waals surface area contributed by atoms with Crippen LogP contribution in [-0.4, -0.2) is 43.8 Å². The van der Waals surface area contributed by atoms with Gasteiger partial charge in [-0.25, -0.2) is 0 Å². The highest BCUT2D eigenvalue weighted by molar-refractivity contribution is 4.73. The van der Waals surface area contributed by atoms with Gasteiger partial charge in [-0.3, -0.25) is 0 Å². The summed E-state index contributed by atoms with van der Waals surface area (Å²) in [6.07, 6.45) is 4.10. The number of likely N-dealkylation sites (tertiary alicyclic amines) is 1. The van der Waals surface area contributed by atoms with Crippen LogP contribution >= 0.6 is 0 Å². The van der Waals surface area contributed by atoms with E-state index < -0.39 is 0 Å². The Morgan fingerprint density at radius 2 is 2.07 bits per heavy atom. The lowest BCUT2D eigenvalue weighted by atomic mass is 10.0. The third-order valence-corrected chi connectivity index (χ3v) is 3.27. The molecule has 0 aromatic rings. The molecule has 15 heavy (non-hydrogen) atoms. The molecule has 0 bridgehead atoms. The summed E-state index contributed by atoms with van der Waals surface area (Å²) in [7, 11) is 0. The van der Waals surface area contributed by atoms with Crippen molar-refractivity contribution in [2.24, 2.45) is 11.7 Å². The summed E-state index contributed by atoms with van der Waals surface area (Å²) in [5.41, 5.74) is 5.42. The van der Waals surface area contributed by atoms with Crippen LogP contribution in [0.1, 0.15) is 33.1 Å². The molecule has 0 aliphatic carbocycles. The fraction of sp³-hybridized carbons (Fsp3) is 1.00. The Hall–Kier alpha value is -0.120. The number of hydrogen-bond donors (Lipinski definition) is 1. The van der Waals surface area contributed by atoms with Gasteiger partial charge in [-0.2, -0.15) is 0 Å². The fourth-order valence-electron chi connectivity index (χ4n) is 2.06. The van der Waals surface area contributed by atoms with Gasteiger partial charge in [-0.1, -0.05) is 20.3 Å². The van der Waals surface area contributed by atoms with Crippen LogP contribution < -0.4 is 5.73 Å². The van der Waals surface area contributed by atoms with Crippen molar-refractivity contribution < 1.29 is 4.74 Å². The van der Waals surface area contributed by atoms with Crippen LogP contribution in [0.25, 0.3) is 0 Å². The fourth-order valence-corrected chi connectivity index (χ4v) is 2.06. The summed E-state index contributed by atoms with van der Waals surface area (Å²) in [5.74, 6) is 0.825. The Morgan fingerprint density at radius 1 is 1.40 bits per heavy atom. The standard InChI is InChI=1S/C12H26N2O/c1-3-11(2)10-14-7-4-12(5-8-14)15-9-6-13/h11-12H,3-10,13H2,1-2H3. The zero-order chi connectivity index (χ0) is 11.1. The Bertz CT molecular complexity index is 156. The quantitative estimate of drug-likeness (QED) is 0.728. The summed E-state index contributed by atoms with van der Waals surface area (Å²) >= 11 is 0. The topological polar surface area (TPSA) is 38.5 Å². The summed E-state index contributed by atoms with van der Waals surface area (Å²) in [5, 5.41) is 0. The van der Waals surface area contributed by atoms with Crippen molar-refractivity contribution >= 4 is 0 Å². The molecular formula is C12H26N2O. The van der Waals surface area contributed by atoms with Crippen molar-refractivity contribution in [1.82, 2.24) is 4.90 Å². The van der Waals surface area contributed by atoms with Crippen molar-refractivity contribution in [2.45, 2.75) is 39.2 Å². The van der Waals surface area contributed by atoms with Crippen molar-refractivity contribution in [3.63, 3.8) is 0 Å². The average molecular weight is 214 g/mol. The van der Waals surface area contributed by atoms with Gasteiger partial charge in [0.05, 0.1) is 12.7 Å². The minimum Gasteiger partial charge on any atom is -0.377 e. The molecule has 2 N–H and O–H groups in total. The summed E-state index contributed by atoms with van der Waals surface area (Å²) in [4.78, 5) is 2.57. The van der Waals surface area contributed by atoms with Gasteiger partial charge in [0.25, 0.3) is 0 Å². The molecule has 1 unspecified atom stereocenters. The summed E-state index contributed by atoms with van der Waals surface area (Å²) in [6.45, 7) is 9.60. The Kier molecular flexibility index (Phi) is 6.22. The van der Waals surface area contributed by atoms with Crippen LogP contribution in [0.2, 0.25) is 0 Å². The maximum absolute atomic E-state index is 5.66. The second kappa shape index (κ2) is 7.20. The maximum Gasteiger partial charge on any atom is 0.0600 e. The molecule has 1 aliphatic rings. The van der Waals surface area contributed by atoms with Crippen molar-refractivity contribution in [2.75, 3.05) is 32.8 Å². The number of nitrogens with two attached hydrogens (primary N) is 1. The molecule has 3 heteroatoms. The first kappa shape index (κ1) is 12.9. The zero-order valence-electron chi connectivity index (χ0n) is 10.2. The third-order valence-electron chi connectivity index (χ3n) is 3.27. The Balaban J connectivity index is 2.12. The van der Waals surface area contributed by atoms with Crippen molar-refractivity contribution in [1.29, 1.82) is 0 Å². The predicted octanol–water partition coefficient (Wildman–Crippen LogP) is 1.47. The third kappa shape index (κ3) is 4.96. The molecule has 3 nitrogen and oxygen atoms in total. The summed E-state index contributed by atoms with van der Waals surface area (Å²) in [6, 6.07) is 0. The molecule has 90 valence electrons. The minimum absolute atomic E-state index is 0.460. The molecular weight excluding hydrogens is 188 g/mol. The Labute approximate surface area is 94.0 Å². The lowest BCUT2D eigenvalue weighted by molar-refractivity contribution is 0.00880. The number of rotatable bonds is 6. The minimum atomic E-state index is 0.460. The molecule has 0 radical (unpaired) electrons. The predicted molar refractivity (Wildman–Crippen MR) is 63.9 cm³/mol. The lowest BCUT2D eigenvalue weighted by Gasteiger charge is -2.33. The van der Waals surface area contributed by atoms with Gasteiger partial charge in [-0.05, 0) is 18.8 Å². The maximum atomic E-state index is 5.66. The van der Waals surface area contributed by atoms with Crippen molar-refractivity contribution in [3.05, 3.63) is 0 Å². The first-order valence-electron chi connectivity index (χ1n) is 6.30. The SMILES string of the molecule is CCC(C)CN1CCC(OCCN)CC1. The number of ether oxygens (including phenoxy) is 1. The first-order chi connectivity index (χ1) is 7.26. The molecule has 1 atom stereocenters. The van der Waals surface area contributed by atoms with Gasteiger partial charge in [0.1, 0.15) is 0 Å². The highest BCUT2D eigenvalue weighted by Gasteiger charge is 2.19. The zero-order valence-corrected chi connectivity index (χ0v) is 10.2. The second-order valence-corrected chi connectivity index (χ2v) is 4.67. The van der Waals surface area contributed by atoms with E-state index in [4.69, 9.17) is 10.5 Å². The normalized spacial score (nSPS) is 21.8. The van der Waals surface area contributed by atoms with Crippen LogP contribution in [0.4, 0.5) is 0 Å². The summed E-state index contributed by atoms with van der Waals surface area (Å²) < 4.78 is 5.66. The molecule has 0 spiro atoms. The van der Waals surface area contributed by atoms with Crippen LogP contribution in [-0.2, 0) is 4.74 Å². The smallest absolute Gasteiger partial charge is 0.0600 e. The number of piperidine rings is 1. The van der Waals surface area contributed by atoms with Crippen LogP contribution in [0.3, 0.4) is 0 Å². The highest BCUT2D eigenvalue weighted by atomic mass is 16.5. The molecule has 0 amide bonds. The van der Waals surface area contributed by atoms with E-state index in [1.807, 2.05) is 0 Å². The van der Waals surface area contributed by atoms with Gasteiger partial charge in [0.15, 0.2) is 0 Å². The lowest BCUT2D eigenvalue weighted by Crippen LogP contribution is -2.39. The van der Waals surface area contributed by atoms with Crippen LogP contribution in [0, 0.1) is 5.92 Å². The number of nitrogens with zero attached hydrogens (tertiary/aromatic N) is 1. The monoisotopic (exact) mass is 214 g/mol. The van der Waals surface area contributed by atoms with E-state index >= 15 is 0 Å². The van der Waals surface area contributed by atoms with Gasteiger partial charge < -0.3 is 15.4 Å². The molecule has 0 saturated carbocycles. The highest BCUT2D eigenvalue weighted by Crippen LogP contribution is 2.15. The second-order valence-electron chi connectivity index (χ2n) is 4.67. The van der Waals surface area contributed by atoms with E-state index in [1.165, 1.54) is 38.9 Å². The van der Waals surface area contributed by atoms with E-state index in [-0.39, 0.29) is 0 Å².